The van der Waals surface area contributed by atoms with Gasteiger partial charge in [-0.3, -0.25) is 29.4 Å². The Morgan fingerprint density at radius 3 is 2.18 bits per heavy atom. The first kappa shape index (κ1) is 35.7. The maximum atomic E-state index is 13.2. The molecule has 2 aromatic carbocycles. The van der Waals surface area contributed by atoms with Crippen molar-refractivity contribution < 1.29 is 33.4 Å². The van der Waals surface area contributed by atoms with Gasteiger partial charge in [-0.25, -0.2) is 4.79 Å². The highest BCUT2D eigenvalue weighted by Gasteiger charge is 2.33. The average Bonchev–Trinajstić information content (AvgIpc) is 3.09. The smallest absolute Gasteiger partial charge is 0.410 e. The molecule has 0 aromatic heterocycles. The summed E-state index contributed by atoms with van der Waals surface area (Å²) >= 11 is 0. The summed E-state index contributed by atoms with van der Waals surface area (Å²) in [5.74, 6) is -0.445. The van der Waals surface area contributed by atoms with Crippen LogP contribution in [0.1, 0.15) is 60.7 Å². The monoisotopic (exact) mass is 676 g/mol. The lowest BCUT2D eigenvalue weighted by molar-refractivity contribution is -0.136. The van der Waals surface area contributed by atoms with Gasteiger partial charge in [0.2, 0.25) is 11.8 Å². The highest BCUT2D eigenvalue weighted by molar-refractivity contribution is 6.06. The van der Waals surface area contributed by atoms with Crippen molar-refractivity contribution in [1.82, 2.24) is 20.0 Å². The number of anilines is 2. The Morgan fingerprint density at radius 2 is 1.55 bits per heavy atom. The van der Waals surface area contributed by atoms with Crippen molar-refractivity contribution in [3.05, 3.63) is 53.6 Å². The molecular formula is C36H48N6O7. The summed E-state index contributed by atoms with van der Waals surface area (Å²) in [6.45, 7) is 13.2. The van der Waals surface area contributed by atoms with Crippen molar-refractivity contribution in [3.63, 3.8) is 0 Å². The van der Waals surface area contributed by atoms with Gasteiger partial charge in [-0.05, 0) is 76.1 Å². The molecule has 0 aliphatic carbocycles. The van der Waals surface area contributed by atoms with Gasteiger partial charge in [0, 0.05) is 89.3 Å². The van der Waals surface area contributed by atoms with Crippen LogP contribution in [0.3, 0.4) is 0 Å². The second kappa shape index (κ2) is 15.7. The number of nitrogens with zero attached hydrogens (tertiary/aromatic N) is 5. The predicted molar refractivity (Wildman–Crippen MR) is 185 cm³/mol. The fourth-order valence-electron chi connectivity index (χ4n) is 6.36. The maximum absolute atomic E-state index is 13.2. The number of nitrogens with one attached hydrogen (secondary N) is 1. The molecule has 3 fully saturated rings. The van der Waals surface area contributed by atoms with E-state index in [0.717, 1.165) is 69.4 Å². The van der Waals surface area contributed by atoms with E-state index in [1.165, 1.54) is 11.9 Å². The number of likely N-dealkylation sites (N-methyl/N-ethyl adjacent to an activating group) is 1. The fraction of sp³-hybridized carbons (Fsp3) is 0.528. The Hall–Kier alpha value is -4.65. The summed E-state index contributed by atoms with van der Waals surface area (Å²) in [6.07, 6.45) is 1.73. The van der Waals surface area contributed by atoms with Gasteiger partial charge in [0.05, 0.1) is 12.2 Å². The summed E-state index contributed by atoms with van der Waals surface area (Å²) in [4.78, 5) is 71.2. The van der Waals surface area contributed by atoms with Crippen LogP contribution in [0.15, 0.2) is 42.5 Å². The van der Waals surface area contributed by atoms with Crippen LogP contribution in [0.4, 0.5) is 16.2 Å². The maximum Gasteiger partial charge on any atom is 0.410 e. The molecule has 2 aromatic rings. The molecule has 3 heterocycles. The van der Waals surface area contributed by atoms with E-state index >= 15 is 0 Å². The SMILES string of the molecule is CN(C(=O)c1ccc(N2CCN(CCCOc3ccc(N4CCN(C(=O)OC(C)(C)C)CC4)cc3)CC2)cc1C=O)C1CCC(=O)NC1=O. The largest absolute Gasteiger partial charge is 0.494 e. The normalized spacial score (nSPS) is 18.9. The van der Waals surface area contributed by atoms with Crippen LogP contribution in [0.25, 0.3) is 0 Å². The van der Waals surface area contributed by atoms with Gasteiger partial charge in [-0.2, -0.15) is 0 Å². The van der Waals surface area contributed by atoms with Gasteiger partial charge in [0.25, 0.3) is 5.91 Å². The lowest BCUT2D eigenvalue weighted by Gasteiger charge is -2.36. The zero-order valence-corrected chi connectivity index (χ0v) is 29.0. The number of benzene rings is 2. The van der Waals surface area contributed by atoms with Crippen LogP contribution < -0.4 is 19.9 Å². The molecule has 264 valence electrons. The first-order valence-electron chi connectivity index (χ1n) is 17.0. The Bertz CT molecular complexity index is 1510. The predicted octanol–water partition coefficient (Wildman–Crippen LogP) is 3.02. The number of rotatable bonds is 10. The minimum Gasteiger partial charge on any atom is -0.494 e. The molecule has 13 heteroatoms. The summed E-state index contributed by atoms with van der Waals surface area (Å²) in [5, 5.41) is 2.27. The van der Waals surface area contributed by atoms with Gasteiger partial charge >= 0.3 is 6.09 Å². The van der Waals surface area contributed by atoms with E-state index in [1.807, 2.05) is 39.0 Å². The molecule has 0 radical (unpaired) electrons. The molecule has 5 rings (SSSR count). The first-order valence-corrected chi connectivity index (χ1v) is 17.0. The number of ether oxygens (including phenoxy) is 2. The van der Waals surface area contributed by atoms with Crippen LogP contribution in [-0.2, 0) is 14.3 Å². The molecule has 3 aliphatic heterocycles. The van der Waals surface area contributed by atoms with Crippen molar-refractivity contribution in [1.29, 1.82) is 0 Å². The van der Waals surface area contributed by atoms with E-state index in [2.05, 4.69) is 32.1 Å². The number of aldehydes is 1. The molecule has 4 amide bonds. The molecule has 1 atom stereocenters. The van der Waals surface area contributed by atoms with Gasteiger partial charge in [-0.1, -0.05) is 0 Å². The number of carbonyl (C=O) groups excluding carboxylic acids is 5. The van der Waals surface area contributed by atoms with Gasteiger partial charge < -0.3 is 29.1 Å². The highest BCUT2D eigenvalue weighted by Crippen LogP contribution is 2.24. The second-order valence-corrected chi connectivity index (χ2v) is 13.8. The minimum absolute atomic E-state index is 0.167. The van der Waals surface area contributed by atoms with Crippen LogP contribution in [0.5, 0.6) is 5.75 Å². The standard InChI is InChI=1S/C36H48N6O7/c1-36(2,3)49-35(47)42-21-19-40(20-22-42)27-6-9-29(10-7-27)48-23-5-14-39-15-17-41(18-16-39)28-8-11-30(26(24-28)25-43)34(46)38(4)31-12-13-32(44)37-33(31)45/h6-11,24-25,31H,5,12-23H2,1-4H3,(H,37,44,45). The number of hydrogen-bond donors (Lipinski definition) is 1. The quantitative estimate of drug-likeness (QED) is 0.228. The van der Waals surface area contributed by atoms with E-state index in [9.17, 15) is 24.0 Å². The Labute approximate surface area is 288 Å². The number of hydrogen-bond acceptors (Lipinski definition) is 10. The van der Waals surface area contributed by atoms with Crippen molar-refractivity contribution in [3.8, 4) is 5.75 Å². The Balaban J connectivity index is 1.02. The zero-order valence-electron chi connectivity index (χ0n) is 29.0. The number of piperidine rings is 1. The molecule has 0 saturated carbocycles. The highest BCUT2D eigenvalue weighted by atomic mass is 16.6. The lowest BCUT2D eigenvalue weighted by atomic mass is 10.0. The van der Waals surface area contributed by atoms with Crippen LogP contribution >= 0.6 is 0 Å². The first-order chi connectivity index (χ1) is 23.4. The molecular weight excluding hydrogens is 628 g/mol. The summed E-state index contributed by atoms with van der Waals surface area (Å²) < 4.78 is 11.5. The summed E-state index contributed by atoms with van der Waals surface area (Å²) in [6, 6.07) is 12.6. The Kier molecular flexibility index (Phi) is 11.4. The van der Waals surface area contributed by atoms with Gasteiger partial charge in [0.15, 0.2) is 6.29 Å². The molecule has 13 nitrogen and oxygen atoms in total. The number of piperazine rings is 2. The average molecular weight is 677 g/mol. The van der Waals surface area contributed by atoms with E-state index in [0.29, 0.717) is 26.0 Å². The zero-order chi connectivity index (χ0) is 35.1. The number of imide groups is 1. The molecule has 3 saturated heterocycles. The topological polar surface area (TPSA) is 132 Å². The van der Waals surface area contributed by atoms with Crippen molar-refractivity contribution in [2.24, 2.45) is 0 Å². The molecule has 3 aliphatic rings. The van der Waals surface area contributed by atoms with E-state index in [-0.39, 0.29) is 36.0 Å². The summed E-state index contributed by atoms with van der Waals surface area (Å²) in [5.41, 5.74) is 1.99. The van der Waals surface area contributed by atoms with Crippen molar-refractivity contribution >= 4 is 41.5 Å². The third-order valence-corrected chi connectivity index (χ3v) is 9.15. The van der Waals surface area contributed by atoms with E-state index < -0.39 is 23.5 Å². The van der Waals surface area contributed by atoms with Crippen LogP contribution in [0, 0.1) is 0 Å². The number of amides is 4. The summed E-state index contributed by atoms with van der Waals surface area (Å²) in [7, 11) is 1.52. The van der Waals surface area contributed by atoms with Crippen LogP contribution in [0.2, 0.25) is 0 Å². The van der Waals surface area contributed by atoms with Gasteiger partial charge in [0.1, 0.15) is 17.4 Å². The van der Waals surface area contributed by atoms with E-state index in [4.69, 9.17) is 9.47 Å². The lowest BCUT2D eigenvalue weighted by Crippen LogP contribution is -2.53. The third kappa shape index (κ3) is 9.28. The second-order valence-electron chi connectivity index (χ2n) is 13.8. The molecule has 1 unspecified atom stereocenters. The molecule has 0 spiro atoms. The van der Waals surface area contributed by atoms with E-state index in [1.54, 1.807) is 17.0 Å². The Morgan fingerprint density at radius 1 is 0.918 bits per heavy atom. The fourth-order valence-corrected chi connectivity index (χ4v) is 6.36. The van der Waals surface area contributed by atoms with Crippen molar-refractivity contribution in [2.45, 2.75) is 51.7 Å². The van der Waals surface area contributed by atoms with Gasteiger partial charge in [-0.15, -0.1) is 0 Å². The van der Waals surface area contributed by atoms with Crippen molar-refractivity contribution in [2.75, 3.05) is 82.4 Å². The molecule has 1 N–H and O–H groups in total. The number of carbonyl (C=O) groups is 5. The molecule has 0 bridgehead atoms. The van der Waals surface area contributed by atoms with Crippen LogP contribution in [-0.4, -0.2) is 129 Å². The minimum atomic E-state index is -0.755. The molecule has 49 heavy (non-hydrogen) atoms. The third-order valence-electron chi connectivity index (χ3n) is 9.15.